The number of thiazole rings is 1. The van der Waals surface area contributed by atoms with Crippen molar-refractivity contribution in [2.75, 3.05) is 6.61 Å². The summed E-state index contributed by atoms with van der Waals surface area (Å²) >= 11 is 1.37. The topological polar surface area (TPSA) is 39.2 Å². The molecule has 0 N–H and O–H groups in total. The summed E-state index contributed by atoms with van der Waals surface area (Å²) in [5.74, 6) is 0. The van der Waals surface area contributed by atoms with Crippen LogP contribution < -0.4 is 0 Å². The van der Waals surface area contributed by atoms with Gasteiger partial charge in [-0.1, -0.05) is 0 Å². The predicted molar refractivity (Wildman–Crippen MR) is 50.3 cm³/mol. The zero-order valence-corrected chi connectivity index (χ0v) is 9.00. The molecule has 1 aromatic heterocycles. The van der Waals surface area contributed by atoms with E-state index < -0.39 is 13.8 Å². The number of aromatic nitrogens is 1. The second kappa shape index (κ2) is 4.17. The molecule has 2 atom stereocenters. The molecule has 0 saturated carbocycles. The van der Waals surface area contributed by atoms with E-state index in [1.165, 1.54) is 11.3 Å². The van der Waals surface area contributed by atoms with Gasteiger partial charge in [0.05, 0.1) is 5.69 Å². The fourth-order valence-electron chi connectivity index (χ4n) is 0.880. The highest BCUT2D eigenvalue weighted by atomic mass is 32.1. The van der Waals surface area contributed by atoms with Crippen molar-refractivity contribution in [2.45, 2.75) is 19.2 Å². The molecule has 0 aliphatic rings. The molecule has 0 aromatic carbocycles. The van der Waals surface area contributed by atoms with Gasteiger partial charge in [0.15, 0.2) is 10.9 Å². The van der Waals surface area contributed by atoms with Crippen LogP contribution in [0.5, 0.6) is 0 Å². The van der Waals surface area contributed by atoms with E-state index in [4.69, 9.17) is 4.74 Å². The molecule has 0 aliphatic heterocycles. The Morgan fingerprint density at radius 3 is 3.08 bits per heavy atom. The fourth-order valence-corrected chi connectivity index (χ4v) is 2.11. The zero-order valence-electron chi connectivity index (χ0n) is 7.03. The third kappa shape index (κ3) is 1.94. The van der Waals surface area contributed by atoms with Crippen molar-refractivity contribution in [2.24, 2.45) is 0 Å². The summed E-state index contributed by atoms with van der Waals surface area (Å²) in [7, 11) is -1.02. The molecule has 0 fully saturated rings. The average Bonchev–Trinajstić information content (AvgIpc) is 2.57. The molecular weight excluding hydrogens is 193 g/mol. The minimum atomic E-state index is -1.02. The highest BCUT2D eigenvalue weighted by Crippen LogP contribution is 2.35. The summed E-state index contributed by atoms with van der Waals surface area (Å²) in [5.41, 5.74) is 3.44. The van der Waals surface area contributed by atoms with E-state index in [1.54, 1.807) is 6.92 Å². The van der Waals surface area contributed by atoms with Crippen LogP contribution in [0.4, 0.5) is 0 Å². The van der Waals surface area contributed by atoms with Gasteiger partial charge in [-0.25, -0.2) is 4.98 Å². The van der Waals surface area contributed by atoms with E-state index in [2.05, 4.69) is 10.5 Å². The van der Waals surface area contributed by atoms with Gasteiger partial charge >= 0.3 is 0 Å². The van der Waals surface area contributed by atoms with Crippen LogP contribution in [0, 0.1) is 5.51 Å². The van der Waals surface area contributed by atoms with Crippen molar-refractivity contribution in [3.63, 3.8) is 0 Å². The number of nitrogens with zero attached hydrogens (tertiary/aromatic N) is 1. The van der Waals surface area contributed by atoms with Gasteiger partial charge in [0.25, 0.3) is 0 Å². The Hall–Kier alpha value is -0.180. The minimum absolute atomic E-state index is 0.545. The molecule has 0 saturated heterocycles. The molecule has 1 unspecified atom stereocenters. The van der Waals surface area contributed by atoms with E-state index in [1.807, 2.05) is 12.3 Å². The molecule has 12 heavy (non-hydrogen) atoms. The average molecular weight is 204 g/mol. The third-order valence-corrected chi connectivity index (χ3v) is 3.02. The molecule has 1 radical (unpaired) electrons. The van der Waals surface area contributed by atoms with Gasteiger partial charge in [-0.15, -0.1) is 11.3 Å². The molecule has 3 nitrogen and oxygen atoms in total. The normalized spacial score (nSPS) is 16.8. The summed E-state index contributed by atoms with van der Waals surface area (Å²) in [6.07, 6.45) is 0. The van der Waals surface area contributed by atoms with Gasteiger partial charge in [0, 0.05) is 12.0 Å². The second-order valence-electron chi connectivity index (χ2n) is 2.48. The second-order valence-corrected chi connectivity index (χ2v) is 4.47. The zero-order chi connectivity index (χ0) is 9.03. The first-order valence-corrected chi connectivity index (χ1v) is 5.58. The van der Waals surface area contributed by atoms with Crippen molar-refractivity contribution in [1.29, 1.82) is 0 Å². The lowest BCUT2D eigenvalue weighted by atomic mass is 10.3. The maximum atomic E-state index is 10.9. The lowest BCUT2D eigenvalue weighted by Crippen LogP contribution is -2.18. The van der Waals surface area contributed by atoms with Crippen LogP contribution in [-0.2, 0) is 14.6 Å². The first-order valence-electron chi connectivity index (χ1n) is 3.65. The molecule has 0 amide bonds. The Bertz CT molecular complexity index is 252. The lowest BCUT2D eigenvalue weighted by Gasteiger charge is -2.20. The van der Waals surface area contributed by atoms with Crippen LogP contribution in [0.2, 0.25) is 0 Å². The Kier molecular flexibility index (Phi) is 3.44. The third-order valence-electron chi connectivity index (χ3n) is 1.57. The summed E-state index contributed by atoms with van der Waals surface area (Å²) in [6, 6.07) is 0. The summed E-state index contributed by atoms with van der Waals surface area (Å²) in [6.45, 7) is 4.22. The Morgan fingerprint density at radius 2 is 2.67 bits per heavy atom. The largest absolute Gasteiger partial charge is 0.362 e. The summed E-state index contributed by atoms with van der Waals surface area (Å²) in [4.78, 5) is 3.97. The van der Waals surface area contributed by atoms with Crippen LogP contribution in [0.25, 0.3) is 0 Å². The molecule has 1 rings (SSSR count). The van der Waals surface area contributed by atoms with Crippen molar-refractivity contribution in [3.8, 4) is 0 Å². The van der Waals surface area contributed by atoms with Gasteiger partial charge < -0.3 is 9.30 Å². The standard InChI is InChI=1S/C7H11NO2PS/c1-3-10-7(2,11-9)6-4-12-5-8-6/h4H,3,11H2,1-2H3/t7-/m0/s1. The molecule has 0 aliphatic carbocycles. The van der Waals surface area contributed by atoms with Crippen LogP contribution >= 0.6 is 19.8 Å². The van der Waals surface area contributed by atoms with Gasteiger partial charge in [-0.05, 0) is 13.8 Å². The van der Waals surface area contributed by atoms with Crippen molar-refractivity contribution in [1.82, 2.24) is 4.98 Å². The maximum Gasteiger partial charge on any atom is 0.155 e. The van der Waals surface area contributed by atoms with Gasteiger partial charge in [0.1, 0.15) is 8.46 Å². The van der Waals surface area contributed by atoms with E-state index in [0.29, 0.717) is 6.61 Å². The summed E-state index contributed by atoms with van der Waals surface area (Å²) in [5, 5.41) is 1.13. The van der Waals surface area contributed by atoms with Crippen molar-refractivity contribution in [3.05, 3.63) is 16.6 Å². The highest BCUT2D eigenvalue weighted by molar-refractivity contribution is 7.25. The van der Waals surface area contributed by atoms with E-state index in [0.717, 1.165) is 5.69 Å². The molecule has 1 heterocycles. The maximum absolute atomic E-state index is 10.9. The molecule has 1 aromatic rings. The molecule has 0 bridgehead atoms. The quantitative estimate of drug-likeness (QED) is 0.703. The van der Waals surface area contributed by atoms with Gasteiger partial charge in [0.2, 0.25) is 0 Å². The Labute approximate surface area is 77.0 Å². The van der Waals surface area contributed by atoms with Crippen LogP contribution in [0.15, 0.2) is 5.38 Å². The van der Waals surface area contributed by atoms with Gasteiger partial charge in [-0.3, -0.25) is 0 Å². The molecule has 5 heteroatoms. The van der Waals surface area contributed by atoms with Crippen LogP contribution in [-0.4, -0.2) is 11.6 Å². The minimum Gasteiger partial charge on any atom is -0.362 e. The number of hydrogen-bond acceptors (Lipinski definition) is 4. The predicted octanol–water partition coefficient (Wildman–Crippen LogP) is 1.91. The number of hydrogen-bond donors (Lipinski definition) is 0. The Balaban J connectivity index is 2.87. The summed E-state index contributed by atoms with van der Waals surface area (Å²) < 4.78 is 16.3. The number of ether oxygens (including phenoxy) is 1. The smallest absolute Gasteiger partial charge is 0.155 e. The number of rotatable bonds is 4. The monoisotopic (exact) mass is 204 g/mol. The lowest BCUT2D eigenvalue weighted by molar-refractivity contribution is 0.0385. The van der Waals surface area contributed by atoms with Gasteiger partial charge in [-0.2, -0.15) is 0 Å². The molecular formula is C7H11NO2PS. The van der Waals surface area contributed by atoms with E-state index in [9.17, 15) is 4.57 Å². The fraction of sp³-hybridized carbons (Fsp3) is 0.571. The van der Waals surface area contributed by atoms with E-state index >= 15 is 0 Å². The van der Waals surface area contributed by atoms with Crippen LogP contribution in [0.1, 0.15) is 19.5 Å². The Morgan fingerprint density at radius 1 is 1.92 bits per heavy atom. The molecule has 67 valence electrons. The SMILES string of the molecule is CCO[C@@](C)([PH2]=O)c1cs[c]n1. The first kappa shape index (κ1) is 9.90. The van der Waals surface area contributed by atoms with Crippen molar-refractivity contribution < 1.29 is 9.30 Å². The highest BCUT2D eigenvalue weighted by Gasteiger charge is 2.27. The molecule has 0 spiro atoms. The first-order chi connectivity index (χ1) is 5.73. The van der Waals surface area contributed by atoms with Crippen LogP contribution in [0.3, 0.4) is 0 Å². The van der Waals surface area contributed by atoms with E-state index in [-0.39, 0.29) is 0 Å². The van der Waals surface area contributed by atoms with Crippen molar-refractivity contribution >= 4 is 19.8 Å².